The van der Waals surface area contributed by atoms with Crippen molar-refractivity contribution in [1.82, 2.24) is 0 Å². The first kappa shape index (κ1) is 15.8. The van der Waals surface area contributed by atoms with E-state index in [1.54, 1.807) is 12.1 Å². The molecule has 0 fully saturated rings. The second kappa shape index (κ2) is 5.36. The second-order valence-electron chi connectivity index (χ2n) is 5.47. The number of nitrogens with one attached hydrogen (secondary N) is 1. The van der Waals surface area contributed by atoms with Crippen molar-refractivity contribution in [3.8, 4) is 5.75 Å². The molecule has 0 aromatic heterocycles. The van der Waals surface area contributed by atoms with Crippen molar-refractivity contribution in [3.63, 3.8) is 0 Å². The molecule has 6 heteroatoms. The molecule has 0 bridgehead atoms. The van der Waals surface area contributed by atoms with E-state index in [2.05, 4.69) is 4.72 Å². The van der Waals surface area contributed by atoms with Gasteiger partial charge < -0.3 is 4.74 Å². The molecule has 1 N–H and O–H groups in total. The van der Waals surface area contributed by atoms with E-state index in [1.807, 2.05) is 20.8 Å². The van der Waals surface area contributed by atoms with Crippen LogP contribution in [0, 0.1) is 0 Å². The fourth-order valence-electron chi connectivity index (χ4n) is 1.74. The molecule has 0 heterocycles. The zero-order valence-electron chi connectivity index (χ0n) is 11.9. The molecule has 1 aromatic rings. The molecule has 19 heavy (non-hydrogen) atoms. The van der Waals surface area contributed by atoms with Crippen molar-refractivity contribution in [2.24, 2.45) is 0 Å². The highest BCUT2D eigenvalue weighted by Crippen LogP contribution is 2.36. The van der Waals surface area contributed by atoms with Crippen LogP contribution in [0.25, 0.3) is 0 Å². The number of benzene rings is 1. The van der Waals surface area contributed by atoms with Crippen molar-refractivity contribution < 1.29 is 17.5 Å². The minimum absolute atomic E-state index is 0.218. The normalized spacial score (nSPS) is 12.3. The molecular weight excluding hydrogens is 269 g/mol. The molecule has 0 saturated heterocycles. The number of alkyl halides is 1. The smallest absolute Gasteiger partial charge is 0.229 e. The number of halogens is 1. The van der Waals surface area contributed by atoms with E-state index in [1.165, 1.54) is 7.11 Å². The number of hydrogen-bond donors (Lipinski definition) is 1. The predicted octanol–water partition coefficient (Wildman–Crippen LogP) is 2.83. The second-order valence-corrected chi connectivity index (χ2v) is 7.22. The Morgan fingerprint density at radius 1 is 1.32 bits per heavy atom. The number of ether oxygens (including phenoxy) is 1. The van der Waals surface area contributed by atoms with Gasteiger partial charge in [-0.15, -0.1) is 0 Å². The zero-order valence-corrected chi connectivity index (χ0v) is 12.7. The van der Waals surface area contributed by atoms with E-state index in [4.69, 9.17) is 4.74 Å². The average Bonchev–Trinajstić information content (AvgIpc) is 2.24. The monoisotopic (exact) mass is 289 g/mol. The first-order valence-electron chi connectivity index (χ1n) is 5.83. The number of rotatable bonds is 4. The summed E-state index contributed by atoms with van der Waals surface area (Å²) in [7, 11) is -2.06. The molecule has 0 aliphatic rings. The van der Waals surface area contributed by atoms with E-state index in [0.29, 0.717) is 5.56 Å². The molecule has 108 valence electrons. The fourth-order valence-corrected chi connectivity index (χ4v) is 2.29. The molecule has 1 rings (SSSR count). The molecule has 0 aliphatic heterocycles. The maximum atomic E-state index is 13.1. The summed E-state index contributed by atoms with van der Waals surface area (Å²) < 4.78 is 43.3. The summed E-state index contributed by atoms with van der Waals surface area (Å²) in [6.45, 7) is 5.20. The van der Waals surface area contributed by atoms with Crippen molar-refractivity contribution in [2.75, 3.05) is 18.1 Å². The van der Waals surface area contributed by atoms with Gasteiger partial charge in [-0.1, -0.05) is 20.8 Å². The summed E-state index contributed by atoms with van der Waals surface area (Å²) >= 11 is 0. The largest absolute Gasteiger partial charge is 0.494 e. The highest BCUT2D eigenvalue weighted by Gasteiger charge is 2.20. The SMILES string of the molecule is COc1c(CF)cc(C(C)(C)C)cc1NS(C)(=O)=O. The van der Waals surface area contributed by atoms with Crippen LogP contribution < -0.4 is 9.46 Å². The molecular formula is C13H20FNO3S. The Hall–Kier alpha value is -1.30. The Morgan fingerprint density at radius 2 is 1.89 bits per heavy atom. The Balaban J connectivity index is 3.49. The third-order valence-corrected chi connectivity index (χ3v) is 3.27. The number of sulfonamides is 1. The Morgan fingerprint density at radius 3 is 2.26 bits per heavy atom. The third-order valence-electron chi connectivity index (χ3n) is 2.68. The van der Waals surface area contributed by atoms with Crippen molar-refractivity contribution in [3.05, 3.63) is 23.3 Å². The van der Waals surface area contributed by atoms with Gasteiger partial charge in [0.05, 0.1) is 19.1 Å². The summed E-state index contributed by atoms with van der Waals surface area (Å²) in [6.07, 6.45) is 1.05. The van der Waals surface area contributed by atoms with E-state index in [9.17, 15) is 12.8 Å². The molecule has 1 aromatic carbocycles. The van der Waals surface area contributed by atoms with Crippen LogP contribution in [-0.4, -0.2) is 21.8 Å². The quantitative estimate of drug-likeness (QED) is 0.927. The standard InChI is InChI=1S/C13H20FNO3S/c1-13(2,3)10-6-9(8-14)12(18-4)11(7-10)15-19(5,16)17/h6-7,15H,8H2,1-5H3. The molecule has 0 unspecified atom stereocenters. The first-order chi connectivity index (χ1) is 8.58. The van der Waals surface area contributed by atoms with Crippen LogP contribution in [0.2, 0.25) is 0 Å². The molecule has 0 radical (unpaired) electrons. The Labute approximate surface area is 114 Å². The van der Waals surface area contributed by atoms with Crippen molar-refractivity contribution in [1.29, 1.82) is 0 Å². The molecule has 0 atom stereocenters. The number of hydrogen-bond acceptors (Lipinski definition) is 3. The van der Waals surface area contributed by atoms with Crippen LogP contribution >= 0.6 is 0 Å². The minimum Gasteiger partial charge on any atom is -0.494 e. The lowest BCUT2D eigenvalue weighted by molar-refractivity contribution is 0.395. The highest BCUT2D eigenvalue weighted by atomic mass is 32.2. The van der Waals surface area contributed by atoms with Gasteiger partial charge in [0.2, 0.25) is 10.0 Å². The Bertz CT molecular complexity index is 562. The van der Waals surface area contributed by atoms with Crippen LogP contribution in [0.5, 0.6) is 5.75 Å². The third kappa shape index (κ3) is 4.09. The van der Waals surface area contributed by atoms with Gasteiger partial charge >= 0.3 is 0 Å². The summed E-state index contributed by atoms with van der Waals surface area (Å²) in [4.78, 5) is 0. The zero-order chi connectivity index (χ0) is 14.8. The predicted molar refractivity (Wildman–Crippen MR) is 75.0 cm³/mol. The van der Waals surface area contributed by atoms with Crippen molar-refractivity contribution >= 4 is 15.7 Å². The van der Waals surface area contributed by atoms with Crippen LogP contribution in [-0.2, 0) is 22.1 Å². The van der Waals surface area contributed by atoms with E-state index in [-0.39, 0.29) is 16.9 Å². The molecule has 0 amide bonds. The van der Waals surface area contributed by atoms with Gasteiger partial charge in [-0.25, -0.2) is 12.8 Å². The fraction of sp³-hybridized carbons (Fsp3) is 0.538. The van der Waals surface area contributed by atoms with Crippen LogP contribution in [0.1, 0.15) is 31.9 Å². The van der Waals surface area contributed by atoms with Gasteiger partial charge in [0, 0.05) is 5.56 Å². The minimum atomic E-state index is -3.45. The van der Waals surface area contributed by atoms with Gasteiger partial charge in [-0.2, -0.15) is 0 Å². The van der Waals surface area contributed by atoms with Gasteiger partial charge in [0.1, 0.15) is 12.4 Å². The topological polar surface area (TPSA) is 55.4 Å². The maximum Gasteiger partial charge on any atom is 0.229 e. The maximum absolute atomic E-state index is 13.1. The van der Waals surface area contributed by atoms with Crippen LogP contribution in [0.3, 0.4) is 0 Å². The van der Waals surface area contributed by atoms with Gasteiger partial charge in [-0.05, 0) is 23.1 Å². The van der Waals surface area contributed by atoms with E-state index >= 15 is 0 Å². The molecule has 0 spiro atoms. The highest BCUT2D eigenvalue weighted by molar-refractivity contribution is 7.92. The number of anilines is 1. The number of methoxy groups -OCH3 is 1. The van der Waals surface area contributed by atoms with Gasteiger partial charge in [0.25, 0.3) is 0 Å². The first-order valence-corrected chi connectivity index (χ1v) is 7.73. The van der Waals surface area contributed by atoms with Gasteiger partial charge in [0.15, 0.2) is 0 Å². The van der Waals surface area contributed by atoms with E-state index in [0.717, 1.165) is 11.8 Å². The van der Waals surface area contributed by atoms with E-state index < -0.39 is 16.7 Å². The lowest BCUT2D eigenvalue weighted by Crippen LogP contribution is -2.15. The van der Waals surface area contributed by atoms with Crippen LogP contribution in [0.15, 0.2) is 12.1 Å². The summed E-state index contributed by atoms with van der Waals surface area (Å²) in [5.41, 5.74) is 1.22. The summed E-state index contributed by atoms with van der Waals surface area (Å²) in [5.74, 6) is 0.223. The summed E-state index contributed by atoms with van der Waals surface area (Å²) in [5, 5.41) is 0. The lowest BCUT2D eigenvalue weighted by atomic mass is 9.85. The molecule has 0 saturated carbocycles. The van der Waals surface area contributed by atoms with Crippen LogP contribution in [0.4, 0.5) is 10.1 Å². The lowest BCUT2D eigenvalue weighted by Gasteiger charge is -2.23. The molecule has 4 nitrogen and oxygen atoms in total. The Kier molecular flexibility index (Phi) is 4.45. The average molecular weight is 289 g/mol. The summed E-state index contributed by atoms with van der Waals surface area (Å²) in [6, 6.07) is 3.38. The molecule has 0 aliphatic carbocycles. The van der Waals surface area contributed by atoms with Gasteiger partial charge in [-0.3, -0.25) is 4.72 Å². The van der Waals surface area contributed by atoms with Crippen molar-refractivity contribution in [2.45, 2.75) is 32.9 Å².